The van der Waals surface area contributed by atoms with Gasteiger partial charge in [-0.15, -0.1) is 13.2 Å². The Labute approximate surface area is 175 Å². The van der Waals surface area contributed by atoms with Gasteiger partial charge in [-0.3, -0.25) is 4.79 Å². The Morgan fingerprint density at radius 1 is 1.21 bits per heavy atom. The average molecular weight is 472 g/mol. The molecule has 4 nitrogen and oxygen atoms in total. The van der Waals surface area contributed by atoms with Gasteiger partial charge >= 0.3 is 12.3 Å². The Hall–Kier alpha value is -2.22. The van der Waals surface area contributed by atoms with Crippen LogP contribution in [-0.4, -0.2) is 18.9 Å². The number of alkyl halides is 3. The Morgan fingerprint density at radius 2 is 1.86 bits per heavy atom. The summed E-state index contributed by atoms with van der Waals surface area (Å²) in [5.41, 5.74) is 2.80. The minimum Gasteiger partial charge on any atom is -0.465 e. The summed E-state index contributed by atoms with van der Waals surface area (Å²) in [5.74, 6) is -0.550. The van der Waals surface area contributed by atoms with Crippen molar-refractivity contribution >= 4 is 27.6 Å². The third-order valence-electron chi connectivity index (χ3n) is 4.94. The molecule has 0 saturated heterocycles. The molecule has 1 aliphatic rings. The predicted molar refractivity (Wildman–Crippen MR) is 107 cm³/mol. The summed E-state index contributed by atoms with van der Waals surface area (Å²) in [6, 6.07) is 9.61. The molecule has 1 unspecified atom stereocenters. The van der Waals surface area contributed by atoms with Crippen LogP contribution >= 0.6 is 15.9 Å². The van der Waals surface area contributed by atoms with E-state index < -0.39 is 11.8 Å². The van der Waals surface area contributed by atoms with E-state index >= 15 is 0 Å². The smallest absolute Gasteiger partial charge is 0.465 e. The highest BCUT2D eigenvalue weighted by Crippen LogP contribution is 2.42. The molecule has 2 aromatic carbocycles. The molecule has 156 valence electrons. The zero-order chi connectivity index (χ0) is 21.4. The fraction of sp³-hybridized carbons (Fsp3) is 0.381. The zero-order valence-electron chi connectivity index (χ0n) is 16.2. The third-order valence-corrected chi connectivity index (χ3v) is 5.56. The summed E-state index contributed by atoms with van der Waals surface area (Å²) >= 11 is 3.56. The van der Waals surface area contributed by atoms with E-state index in [2.05, 4.69) is 26.0 Å². The number of ether oxygens (including phenoxy) is 2. The van der Waals surface area contributed by atoms with Gasteiger partial charge in [-0.25, -0.2) is 0 Å². The largest absolute Gasteiger partial charge is 0.573 e. The van der Waals surface area contributed by atoms with Crippen molar-refractivity contribution in [1.82, 2.24) is 0 Å². The maximum atomic E-state index is 12.3. The molecule has 1 N–H and O–H groups in total. The van der Waals surface area contributed by atoms with Crippen molar-refractivity contribution < 1.29 is 27.4 Å². The van der Waals surface area contributed by atoms with E-state index in [9.17, 15) is 18.0 Å². The number of nitrogens with one attached hydrogen (secondary N) is 1. The molecule has 0 radical (unpaired) electrons. The maximum absolute atomic E-state index is 12.3. The van der Waals surface area contributed by atoms with Crippen molar-refractivity contribution in [2.75, 3.05) is 11.9 Å². The second kappa shape index (κ2) is 7.89. The molecule has 0 bridgehead atoms. The standard InChI is InChI=1S/C21H21BrF3NO3/c1-4-28-19(27)20(2,3)14-9-13-10-17(26-18(13)16(22)11-14)12-5-7-15(8-6-12)29-21(23,24)25/h5-9,11,17,26H,4,10H2,1-3H3. The van der Waals surface area contributed by atoms with E-state index in [0.717, 1.165) is 26.9 Å². The molecule has 1 heterocycles. The molecular weight excluding hydrogens is 451 g/mol. The first-order valence-corrected chi connectivity index (χ1v) is 9.93. The van der Waals surface area contributed by atoms with Gasteiger partial charge in [0.2, 0.25) is 0 Å². The molecule has 0 aliphatic carbocycles. The second-order valence-electron chi connectivity index (χ2n) is 7.36. The summed E-state index contributed by atoms with van der Waals surface area (Å²) in [6.07, 6.45) is -4.07. The molecule has 0 saturated carbocycles. The van der Waals surface area contributed by atoms with E-state index in [4.69, 9.17) is 4.74 Å². The summed E-state index contributed by atoms with van der Waals surface area (Å²) in [6.45, 7) is 5.72. The van der Waals surface area contributed by atoms with Gasteiger partial charge in [-0.1, -0.05) is 18.2 Å². The fourth-order valence-electron chi connectivity index (χ4n) is 3.32. The number of rotatable bonds is 5. The molecule has 1 aliphatic heterocycles. The Kier molecular flexibility index (Phi) is 5.85. The Morgan fingerprint density at radius 3 is 2.45 bits per heavy atom. The third kappa shape index (κ3) is 4.69. The van der Waals surface area contributed by atoms with Crippen molar-refractivity contribution in [3.63, 3.8) is 0 Å². The Bertz CT molecular complexity index is 911. The van der Waals surface area contributed by atoms with E-state index in [1.54, 1.807) is 19.1 Å². The van der Waals surface area contributed by atoms with Gasteiger partial charge in [0.15, 0.2) is 0 Å². The van der Waals surface area contributed by atoms with Gasteiger partial charge in [-0.05, 0) is 78.0 Å². The molecule has 29 heavy (non-hydrogen) atoms. The van der Waals surface area contributed by atoms with Crippen LogP contribution in [-0.2, 0) is 21.4 Å². The van der Waals surface area contributed by atoms with Gasteiger partial charge in [0, 0.05) is 4.47 Å². The molecule has 2 aromatic rings. The van der Waals surface area contributed by atoms with Crippen molar-refractivity contribution in [3.8, 4) is 5.75 Å². The van der Waals surface area contributed by atoms with E-state index in [-0.39, 0.29) is 17.8 Å². The molecule has 0 spiro atoms. The number of anilines is 1. The van der Waals surface area contributed by atoms with E-state index in [1.807, 2.05) is 26.0 Å². The SMILES string of the molecule is CCOC(=O)C(C)(C)c1cc(Br)c2c(c1)CC(c1ccc(OC(F)(F)F)cc1)N2. The van der Waals surface area contributed by atoms with Crippen LogP contribution in [0.1, 0.15) is 43.5 Å². The van der Waals surface area contributed by atoms with Gasteiger partial charge in [0.1, 0.15) is 5.75 Å². The number of fused-ring (bicyclic) bond motifs is 1. The van der Waals surface area contributed by atoms with E-state index in [0.29, 0.717) is 13.0 Å². The second-order valence-corrected chi connectivity index (χ2v) is 8.21. The summed E-state index contributed by atoms with van der Waals surface area (Å²) in [7, 11) is 0. The number of hydrogen-bond donors (Lipinski definition) is 1. The monoisotopic (exact) mass is 471 g/mol. The first-order chi connectivity index (χ1) is 13.5. The minimum atomic E-state index is -4.71. The maximum Gasteiger partial charge on any atom is 0.573 e. The van der Waals surface area contributed by atoms with Gasteiger partial charge in [0.05, 0.1) is 23.8 Å². The lowest BCUT2D eigenvalue weighted by molar-refractivity contribution is -0.274. The van der Waals surface area contributed by atoms with Gasteiger partial charge in [-0.2, -0.15) is 0 Å². The highest BCUT2D eigenvalue weighted by Gasteiger charge is 2.34. The quantitative estimate of drug-likeness (QED) is 0.551. The van der Waals surface area contributed by atoms with Crippen LogP contribution < -0.4 is 10.1 Å². The lowest BCUT2D eigenvalue weighted by Gasteiger charge is -2.24. The van der Waals surface area contributed by atoms with Crippen LogP contribution in [0.3, 0.4) is 0 Å². The fourth-order valence-corrected chi connectivity index (χ4v) is 3.94. The number of halogens is 4. The van der Waals surface area contributed by atoms with Crippen LogP contribution in [0.2, 0.25) is 0 Å². The highest BCUT2D eigenvalue weighted by molar-refractivity contribution is 9.10. The van der Waals surface area contributed by atoms with E-state index in [1.165, 1.54) is 12.1 Å². The molecule has 0 aromatic heterocycles. The topological polar surface area (TPSA) is 47.6 Å². The van der Waals surface area contributed by atoms with Gasteiger partial charge < -0.3 is 14.8 Å². The molecular formula is C21H21BrF3NO3. The summed E-state index contributed by atoms with van der Waals surface area (Å²) in [4.78, 5) is 12.3. The number of carbonyl (C=O) groups excluding carboxylic acids is 1. The highest BCUT2D eigenvalue weighted by atomic mass is 79.9. The summed E-state index contributed by atoms with van der Waals surface area (Å²) < 4.78 is 46.9. The number of esters is 1. The lowest BCUT2D eigenvalue weighted by Crippen LogP contribution is -2.31. The van der Waals surface area contributed by atoms with Crippen molar-refractivity contribution in [3.05, 3.63) is 57.6 Å². The Balaban J connectivity index is 1.82. The zero-order valence-corrected chi connectivity index (χ0v) is 17.8. The number of hydrogen-bond acceptors (Lipinski definition) is 4. The molecule has 3 rings (SSSR count). The van der Waals surface area contributed by atoms with Crippen LogP contribution in [0.5, 0.6) is 5.75 Å². The average Bonchev–Trinajstić information content (AvgIpc) is 3.06. The molecule has 8 heteroatoms. The van der Waals surface area contributed by atoms with Gasteiger partial charge in [0.25, 0.3) is 0 Å². The summed E-state index contributed by atoms with van der Waals surface area (Å²) in [5, 5.41) is 3.39. The number of benzene rings is 2. The van der Waals surface area contributed by atoms with Crippen LogP contribution in [0.25, 0.3) is 0 Å². The normalized spacial score (nSPS) is 16.2. The predicted octanol–water partition coefficient (Wildman–Crippen LogP) is 5.90. The van der Waals surface area contributed by atoms with Crippen LogP contribution in [0.15, 0.2) is 40.9 Å². The molecule has 0 fully saturated rings. The van der Waals surface area contributed by atoms with Crippen molar-refractivity contribution in [2.24, 2.45) is 0 Å². The molecule has 1 atom stereocenters. The lowest BCUT2D eigenvalue weighted by atomic mass is 9.83. The first kappa shape index (κ1) is 21.5. The van der Waals surface area contributed by atoms with Crippen molar-refractivity contribution in [1.29, 1.82) is 0 Å². The minimum absolute atomic E-state index is 0.0952. The first-order valence-electron chi connectivity index (χ1n) is 9.13. The van der Waals surface area contributed by atoms with Crippen LogP contribution in [0, 0.1) is 0 Å². The van der Waals surface area contributed by atoms with Crippen LogP contribution in [0.4, 0.5) is 18.9 Å². The van der Waals surface area contributed by atoms with Crippen molar-refractivity contribution in [2.45, 2.75) is 45.0 Å². The molecule has 0 amide bonds. The number of carbonyl (C=O) groups is 1.